The van der Waals surface area contributed by atoms with E-state index < -0.39 is 47.3 Å². The van der Waals surface area contributed by atoms with Crippen LogP contribution >= 0.6 is 0 Å². The van der Waals surface area contributed by atoms with Crippen LogP contribution in [0.2, 0.25) is 0 Å². The van der Waals surface area contributed by atoms with Gasteiger partial charge < -0.3 is 20.1 Å². The molecule has 0 unspecified atom stereocenters. The molecule has 3 amide bonds. The number of nitrogens with one attached hydrogen (secondary N) is 1. The fraction of sp³-hybridized carbons (Fsp3) is 0.429. The van der Waals surface area contributed by atoms with Crippen LogP contribution in [0, 0.1) is 11.6 Å². The van der Waals surface area contributed by atoms with Gasteiger partial charge in [-0.3, -0.25) is 0 Å². The zero-order chi connectivity index (χ0) is 26.9. The number of aliphatic hydroxyl groups is 1. The van der Waals surface area contributed by atoms with Gasteiger partial charge in [0, 0.05) is 31.6 Å². The first-order valence-electron chi connectivity index (χ1n) is 12.7. The lowest BCUT2D eigenvalue weighted by atomic mass is 9.85. The number of urea groups is 1. The molecule has 0 saturated carbocycles. The zero-order valence-corrected chi connectivity index (χ0v) is 20.7. The molecule has 4 aliphatic rings. The molecule has 2 aliphatic carbocycles. The van der Waals surface area contributed by atoms with Crippen LogP contribution in [0.1, 0.15) is 43.7 Å². The number of amides is 3. The van der Waals surface area contributed by atoms with Crippen LogP contribution < -0.4 is 5.32 Å². The van der Waals surface area contributed by atoms with Gasteiger partial charge in [0.15, 0.2) is 23.6 Å². The zero-order valence-electron chi connectivity index (χ0n) is 20.7. The minimum atomic E-state index is -1.06. The molecule has 2 atom stereocenters. The molecule has 200 valence electrons. The Morgan fingerprint density at radius 2 is 1.92 bits per heavy atom. The summed E-state index contributed by atoms with van der Waals surface area (Å²) in [5.41, 5.74) is 6.08. The van der Waals surface area contributed by atoms with E-state index in [0.29, 0.717) is 63.9 Å². The Balaban J connectivity index is 1.12. The Morgan fingerprint density at radius 1 is 1.16 bits per heavy atom. The molecule has 0 spiro atoms. The van der Waals surface area contributed by atoms with Crippen molar-refractivity contribution >= 4 is 12.1 Å². The Kier molecular flexibility index (Phi) is 7.32. The maximum absolute atomic E-state index is 13.9. The number of hydrogen-bond acceptors (Lipinski definition) is 5. The number of likely N-dealkylation sites (tertiary alicyclic amines) is 1. The fourth-order valence-corrected chi connectivity index (χ4v) is 5.09. The summed E-state index contributed by atoms with van der Waals surface area (Å²) in [7, 11) is 0. The van der Waals surface area contributed by atoms with E-state index in [1.54, 1.807) is 6.08 Å². The minimum absolute atomic E-state index is 0.277. The summed E-state index contributed by atoms with van der Waals surface area (Å²) >= 11 is 0. The van der Waals surface area contributed by atoms with Gasteiger partial charge in [0.25, 0.3) is 0 Å². The molecule has 7 nitrogen and oxygen atoms in total. The number of imide groups is 1. The second-order valence-electron chi connectivity index (χ2n) is 10.1. The summed E-state index contributed by atoms with van der Waals surface area (Å²) in [4.78, 5) is 28.7. The molecule has 2 aliphatic heterocycles. The highest BCUT2D eigenvalue weighted by atomic mass is 19.2. The van der Waals surface area contributed by atoms with Gasteiger partial charge in [-0.05, 0) is 73.4 Å². The monoisotopic (exact) mass is 527 g/mol. The Hall–Kier alpha value is -3.55. The van der Waals surface area contributed by atoms with E-state index in [9.17, 15) is 27.9 Å². The summed E-state index contributed by atoms with van der Waals surface area (Å²) in [6.45, 7) is 2.31. The first-order valence-corrected chi connectivity index (χ1v) is 12.7. The lowest BCUT2D eigenvalue weighted by Gasteiger charge is -2.38. The predicted molar refractivity (Wildman–Crippen MR) is 131 cm³/mol. The number of rotatable bonds is 8. The second kappa shape index (κ2) is 10.7. The van der Waals surface area contributed by atoms with Crippen molar-refractivity contribution in [3.63, 3.8) is 0 Å². The average molecular weight is 528 g/mol. The molecule has 0 aromatic heterocycles. The second-order valence-corrected chi connectivity index (χ2v) is 10.1. The van der Waals surface area contributed by atoms with Gasteiger partial charge in [0.1, 0.15) is 6.04 Å². The van der Waals surface area contributed by atoms with Crippen molar-refractivity contribution in [1.29, 1.82) is 0 Å². The normalized spacial score (nSPS) is 24.1. The minimum Gasteiger partial charge on any atom is -0.439 e. The first-order chi connectivity index (χ1) is 18.2. The molecule has 2 saturated heterocycles. The Labute approximate surface area is 218 Å². The molecular weight excluding hydrogens is 499 g/mol. The number of carbonyl (C=O) groups is 2. The number of allylic oxidation sites excluding steroid dienone is 4. The molecule has 10 heteroatoms. The van der Waals surface area contributed by atoms with Crippen LogP contribution in [0.25, 0.3) is 0 Å². The third-order valence-corrected chi connectivity index (χ3v) is 7.31. The average Bonchev–Trinajstić information content (AvgIpc) is 3.68. The first kappa shape index (κ1) is 26.1. The largest absolute Gasteiger partial charge is 0.439 e. The van der Waals surface area contributed by atoms with E-state index in [1.807, 2.05) is 6.08 Å². The number of hydrogen-bond donors (Lipinski definition) is 2. The molecular formula is C28H28F3N3O4. The van der Waals surface area contributed by atoms with E-state index in [1.165, 1.54) is 12.1 Å². The number of nitrogens with zero attached hydrogens (tertiary/aromatic N) is 2. The van der Waals surface area contributed by atoms with Crippen molar-refractivity contribution in [2.75, 3.05) is 26.2 Å². The van der Waals surface area contributed by atoms with Crippen molar-refractivity contribution < 1.29 is 32.6 Å². The summed E-state index contributed by atoms with van der Waals surface area (Å²) in [6.07, 6.45) is 5.96. The number of piperidine rings is 1. The van der Waals surface area contributed by atoms with Crippen LogP contribution in [0.3, 0.4) is 0 Å². The molecule has 0 radical (unpaired) electrons. The highest BCUT2D eigenvalue weighted by molar-refractivity contribution is 5.93. The molecule has 2 heterocycles. The van der Waals surface area contributed by atoms with Gasteiger partial charge in [0.05, 0.1) is 5.60 Å². The maximum atomic E-state index is 13.9. The molecule has 38 heavy (non-hydrogen) atoms. The summed E-state index contributed by atoms with van der Waals surface area (Å²) in [5.74, 6) is -2.56. The van der Waals surface area contributed by atoms with E-state index in [2.05, 4.69) is 21.7 Å². The predicted octanol–water partition coefficient (Wildman–Crippen LogP) is 4.58. The Morgan fingerprint density at radius 3 is 2.58 bits per heavy atom. The van der Waals surface area contributed by atoms with E-state index >= 15 is 0 Å². The van der Waals surface area contributed by atoms with Crippen LogP contribution in [0.5, 0.6) is 0 Å². The number of ether oxygens (including phenoxy) is 1. The van der Waals surface area contributed by atoms with Crippen LogP contribution in [-0.4, -0.2) is 64.9 Å². The topological polar surface area (TPSA) is 82.1 Å². The summed E-state index contributed by atoms with van der Waals surface area (Å²) < 4.78 is 45.9. The standard InChI is InChI=1S/C28H28F3N3O4/c29-21-7-2-18(3-8-21)17-28(37)10-14-33(15-11-28)13-1-12-32-26(35)34-24(20-6-9-22(30)23(31)16-20)25(19-4-5-19)38-27(34)36/h2,4,6-7,9,16,24-25,37H,1,5,10-15,17H2,(H,32,35)/t24-,25-/m0/s1. The van der Waals surface area contributed by atoms with Gasteiger partial charge in [-0.15, -0.1) is 0 Å². The van der Waals surface area contributed by atoms with E-state index in [-0.39, 0.29) is 5.56 Å². The smallest absolute Gasteiger partial charge is 0.419 e. The third-order valence-electron chi connectivity index (χ3n) is 7.31. The van der Waals surface area contributed by atoms with Gasteiger partial charge in [-0.2, -0.15) is 4.39 Å². The van der Waals surface area contributed by atoms with Gasteiger partial charge in [-0.25, -0.2) is 23.3 Å². The number of carbonyl (C=O) groups excluding carboxylic acids is 2. The Bertz CT molecular complexity index is 1300. The number of cyclic esters (lactones) is 1. The van der Waals surface area contributed by atoms with Crippen molar-refractivity contribution in [3.8, 4) is 0 Å². The molecule has 2 N–H and O–H groups in total. The summed E-state index contributed by atoms with van der Waals surface area (Å²) in [5, 5.41) is 13.6. The molecule has 0 bridgehead atoms. The molecule has 1 aromatic rings. The lowest BCUT2D eigenvalue weighted by molar-refractivity contribution is -0.0199. The number of halogens is 3. The molecule has 1 aromatic carbocycles. The van der Waals surface area contributed by atoms with Crippen molar-refractivity contribution in [1.82, 2.24) is 15.1 Å². The van der Waals surface area contributed by atoms with Gasteiger partial charge in [0.2, 0.25) is 0 Å². The highest BCUT2D eigenvalue weighted by Crippen LogP contribution is 2.42. The SMILES string of the molecule is O=C(NCCCN1CCC(O)(CC2=C=C=C(F)C=C2)CC1)N1C(=O)O[C@@H](C2=CC2)[C@@H]1c1ccc(F)c(F)c1. The molecule has 5 rings (SSSR count). The highest BCUT2D eigenvalue weighted by Gasteiger charge is 2.49. The fourth-order valence-electron chi connectivity index (χ4n) is 5.09. The van der Waals surface area contributed by atoms with Crippen molar-refractivity contribution in [2.45, 2.75) is 49.9 Å². The van der Waals surface area contributed by atoms with Crippen molar-refractivity contribution in [3.05, 3.63) is 82.1 Å². The van der Waals surface area contributed by atoms with Gasteiger partial charge >= 0.3 is 12.1 Å². The van der Waals surface area contributed by atoms with Crippen LogP contribution in [-0.2, 0) is 4.74 Å². The maximum Gasteiger partial charge on any atom is 0.419 e. The van der Waals surface area contributed by atoms with Gasteiger partial charge in [-0.1, -0.05) is 17.9 Å². The quantitative estimate of drug-likeness (QED) is 0.294. The van der Waals surface area contributed by atoms with E-state index in [0.717, 1.165) is 22.6 Å². The number of benzene rings is 1. The molecule has 2 fully saturated rings. The van der Waals surface area contributed by atoms with Crippen LogP contribution in [0.15, 0.2) is 64.9 Å². The summed E-state index contributed by atoms with van der Waals surface area (Å²) in [6, 6.07) is 1.77. The lowest BCUT2D eigenvalue weighted by Crippen LogP contribution is -2.46. The van der Waals surface area contributed by atoms with Crippen molar-refractivity contribution in [2.24, 2.45) is 0 Å². The third kappa shape index (κ3) is 5.79. The van der Waals surface area contributed by atoms with E-state index in [4.69, 9.17) is 4.74 Å². The van der Waals surface area contributed by atoms with Crippen LogP contribution in [0.4, 0.5) is 22.8 Å².